The molecule has 1 aromatic heterocycles. The van der Waals surface area contributed by atoms with Gasteiger partial charge in [-0.05, 0) is 49.6 Å². The number of halogens is 1. The van der Waals surface area contributed by atoms with Gasteiger partial charge in [0.2, 0.25) is 0 Å². The average molecular weight is 261 g/mol. The fourth-order valence-corrected chi connectivity index (χ4v) is 2.44. The van der Waals surface area contributed by atoms with Crippen LogP contribution in [0.5, 0.6) is 0 Å². The number of aromatic nitrogens is 2. The van der Waals surface area contributed by atoms with Crippen molar-refractivity contribution in [2.45, 2.75) is 33.1 Å². The summed E-state index contributed by atoms with van der Waals surface area (Å²) in [6.07, 6.45) is 2.55. The number of nitrogens with two attached hydrogens (primary N) is 1. The van der Waals surface area contributed by atoms with Crippen LogP contribution in [-0.2, 0) is 19.3 Å². The third kappa shape index (κ3) is 2.68. The molecule has 0 saturated heterocycles. The summed E-state index contributed by atoms with van der Waals surface area (Å²) in [5.41, 5.74) is 9.87. The standard InChI is InChI=1S/C15H20FN3/c1-3-14-13(8-9-17)15(4-2)19(18-14)12-7-5-6-11(16)10-12/h5-7,10H,3-4,8-9,17H2,1-2H3. The summed E-state index contributed by atoms with van der Waals surface area (Å²) in [5, 5.41) is 4.62. The van der Waals surface area contributed by atoms with Crippen molar-refractivity contribution in [3.63, 3.8) is 0 Å². The molecular formula is C15H20FN3. The van der Waals surface area contributed by atoms with Gasteiger partial charge in [-0.2, -0.15) is 5.10 Å². The number of aryl methyl sites for hydroxylation is 1. The van der Waals surface area contributed by atoms with Crippen LogP contribution in [0.2, 0.25) is 0 Å². The number of benzene rings is 1. The molecule has 1 heterocycles. The largest absolute Gasteiger partial charge is 0.330 e. The molecular weight excluding hydrogens is 241 g/mol. The highest BCUT2D eigenvalue weighted by Gasteiger charge is 2.15. The molecule has 2 N–H and O–H groups in total. The summed E-state index contributed by atoms with van der Waals surface area (Å²) in [7, 11) is 0. The lowest BCUT2D eigenvalue weighted by molar-refractivity contribution is 0.624. The van der Waals surface area contributed by atoms with E-state index in [1.807, 2.05) is 10.7 Å². The van der Waals surface area contributed by atoms with Crippen molar-refractivity contribution in [2.24, 2.45) is 5.73 Å². The summed E-state index contributed by atoms with van der Waals surface area (Å²) in [6, 6.07) is 6.54. The van der Waals surface area contributed by atoms with Crippen LogP contribution >= 0.6 is 0 Å². The third-order valence-electron chi connectivity index (χ3n) is 3.29. The van der Waals surface area contributed by atoms with Gasteiger partial charge in [-0.15, -0.1) is 0 Å². The number of nitrogens with zero attached hydrogens (tertiary/aromatic N) is 2. The molecule has 2 rings (SSSR count). The molecule has 19 heavy (non-hydrogen) atoms. The summed E-state index contributed by atoms with van der Waals surface area (Å²) < 4.78 is 15.2. The van der Waals surface area contributed by atoms with Gasteiger partial charge >= 0.3 is 0 Å². The monoisotopic (exact) mass is 261 g/mol. The molecule has 1 aromatic carbocycles. The first-order valence-electron chi connectivity index (χ1n) is 6.76. The fourth-order valence-electron chi connectivity index (χ4n) is 2.44. The van der Waals surface area contributed by atoms with Gasteiger partial charge in [0, 0.05) is 5.69 Å². The van der Waals surface area contributed by atoms with Gasteiger partial charge in [0.25, 0.3) is 0 Å². The molecule has 0 spiro atoms. The first kappa shape index (κ1) is 13.7. The van der Waals surface area contributed by atoms with Crippen molar-refractivity contribution >= 4 is 0 Å². The van der Waals surface area contributed by atoms with E-state index in [2.05, 4.69) is 18.9 Å². The van der Waals surface area contributed by atoms with Crippen LogP contribution in [0.1, 0.15) is 30.8 Å². The van der Waals surface area contributed by atoms with Crippen molar-refractivity contribution in [3.05, 3.63) is 47.0 Å². The Hall–Kier alpha value is -1.68. The Bertz CT molecular complexity index is 561. The van der Waals surface area contributed by atoms with Crippen LogP contribution in [0, 0.1) is 5.82 Å². The number of hydrogen-bond acceptors (Lipinski definition) is 2. The van der Waals surface area contributed by atoms with Crippen molar-refractivity contribution in [1.82, 2.24) is 9.78 Å². The summed E-state index contributed by atoms with van der Waals surface area (Å²) in [5.74, 6) is -0.242. The minimum atomic E-state index is -0.242. The fraction of sp³-hybridized carbons (Fsp3) is 0.400. The molecule has 102 valence electrons. The molecule has 3 nitrogen and oxygen atoms in total. The molecule has 0 unspecified atom stereocenters. The smallest absolute Gasteiger partial charge is 0.125 e. The lowest BCUT2D eigenvalue weighted by atomic mass is 10.1. The Morgan fingerprint density at radius 1 is 1.26 bits per heavy atom. The van der Waals surface area contributed by atoms with Crippen molar-refractivity contribution < 1.29 is 4.39 Å². The molecule has 4 heteroatoms. The summed E-state index contributed by atoms with van der Waals surface area (Å²) >= 11 is 0. The molecule has 0 aliphatic rings. The highest BCUT2D eigenvalue weighted by atomic mass is 19.1. The second kappa shape index (κ2) is 5.97. The van der Waals surface area contributed by atoms with Gasteiger partial charge < -0.3 is 5.73 Å². The van der Waals surface area contributed by atoms with Crippen LogP contribution < -0.4 is 5.73 Å². The zero-order valence-corrected chi connectivity index (χ0v) is 11.5. The topological polar surface area (TPSA) is 43.8 Å². The Morgan fingerprint density at radius 2 is 2.05 bits per heavy atom. The average Bonchev–Trinajstić information content (AvgIpc) is 2.77. The van der Waals surface area contributed by atoms with E-state index in [1.54, 1.807) is 6.07 Å². The minimum Gasteiger partial charge on any atom is -0.330 e. The maximum atomic E-state index is 13.4. The molecule has 0 bridgehead atoms. The van der Waals surface area contributed by atoms with Crippen LogP contribution in [0.25, 0.3) is 5.69 Å². The van der Waals surface area contributed by atoms with Crippen LogP contribution in [0.3, 0.4) is 0 Å². The number of rotatable bonds is 5. The van der Waals surface area contributed by atoms with Crippen molar-refractivity contribution in [2.75, 3.05) is 6.54 Å². The van der Waals surface area contributed by atoms with Crippen LogP contribution in [-0.4, -0.2) is 16.3 Å². The molecule has 0 radical (unpaired) electrons. The summed E-state index contributed by atoms with van der Waals surface area (Å²) in [6.45, 7) is 4.78. The summed E-state index contributed by atoms with van der Waals surface area (Å²) in [4.78, 5) is 0. The Balaban J connectivity index is 2.56. The van der Waals surface area contributed by atoms with Gasteiger partial charge in [-0.1, -0.05) is 19.9 Å². The van der Waals surface area contributed by atoms with Crippen molar-refractivity contribution in [1.29, 1.82) is 0 Å². The SMILES string of the molecule is CCc1nn(-c2cccc(F)c2)c(CC)c1CCN. The predicted molar refractivity (Wildman–Crippen MR) is 75.0 cm³/mol. The predicted octanol–water partition coefficient (Wildman–Crippen LogP) is 2.64. The molecule has 0 atom stereocenters. The van der Waals surface area contributed by atoms with E-state index in [9.17, 15) is 4.39 Å². The van der Waals surface area contributed by atoms with E-state index in [1.165, 1.54) is 17.7 Å². The molecule has 0 saturated carbocycles. The zero-order chi connectivity index (χ0) is 13.8. The third-order valence-corrected chi connectivity index (χ3v) is 3.29. The van der Waals surface area contributed by atoms with Crippen LogP contribution in [0.15, 0.2) is 24.3 Å². The van der Waals surface area contributed by atoms with Crippen molar-refractivity contribution in [3.8, 4) is 5.69 Å². The van der Waals surface area contributed by atoms with E-state index in [0.29, 0.717) is 6.54 Å². The zero-order valence-electron chi connectivity index (χ0n) is 11.5. The first-order valence-corrected chi connectivity index (χ1v) is 6.76. The van der Waals surface area contributed by atoms with E-state index >= 15 is 0 Å². The second-order valence-electron chi connectivity index (χ2n) is 4.51. The molecule has 0 fully saturated rings. The van der Waals surface area contributed by atoms with E-state index in [0.717, 1.165) is 36.3 Å². The Morgan fingerprint density at radius 3 is 2.63 bits per heavy atom. The van der Waals surface area contributed by atoms with E-state index in [-0.39, 0.29) is 5.82 Å². The van der Waals surface area contributed by atoms with E-state index in [4.69, 9.17) is 5.73 Å². The van der Waals surface area contributed by atoms with Gasteiger partial charge in [0.15, 0.2) is 0 Å². The van der Waals surface area contributed by atoms with E-state index < -0.39 is 0 Å². The second-order valence-corrected chi connectivity index (χ2v) is 4.51. The molecule has 0 aliphatic carbocycles. The molecule has 0 amide bonds. The maximum absolute atomic E-state index is 13.4. The van der Waals surface area contributed by atoms with Gasteiger partial charge in [-0.25, -0.2) is 9.07 Å². The highest BCUT2D eigenvalue weighted by molar-refractivity contribution is 5.38. The molecule has 2 aromatic rings. The Kier molecular flexibility index (Phi) is 4.32. The van der Waals surface area contributed by atoms with Crippen LogP contribution in [0.4, 0.5) is 4.39 Å². The normalized spacial score (nSPS) is 10.9. The first-order chi connectivity index (χ1) is 9.21. The molecule has 0 aliphatic heterocycles. The Labute approximate surface area is 113 Å². The quantitative estimate of drug-likeness (QED) is 0.899. The maximum Gasteiger partial charge on any atom is 0.125 e. The number of hydrogen-bond donors (Lipinski definition) is 1. The van der Waals surface area contributed by atoms with Gasteiger partial charge in [0.1, 0.15) is 5.82 Å². The van der Waals surface area contributed by atoms with Gasteiger partial charge in [0.05, 0.1) is 11.4 Å². The minimum absolute atomic E-state index is 0.242. The lowest BCUT2D eigenvalue weighted by Gasteiger charge is -2.07. The highest BCUT2D eigenvalue weighted by Crippen LogP contribution is 2.21. The van der Waals surface area contributed by atoms with Gasteiger partial charge in [-0.3, -0.25) is 0 Å². The lowest BCUT2D eigenvalue weighted by Crippen LogP contribution is -2.07.